The number of carbonyl (C=O) groups is 1. The Kier molecular flexibility index (Phi) is 6.14. The van der Waals surface area contributed by atoms with Crippen LogP contribution < -0.4 is 5.32 Å². The molecule has 2 N–H and O–H groups in total. The van der Waals surface area contributed by atoms with Crippen LogP contribution in [0.1, 0.15) is 27.9 Å². The molecule has 0 saturated heterocycles. The number of furan rings is 1. The number of nitrogens with zero attached hydrogens (tertiary/aromatic N) is 3. The van der Waals surface area contributed by atoms with E-state index in [1.807, 2.05) is 36.4 Å². The maximum absolute atomic E-state index is 12.3. The monoisotopic (exact) mass is 516 g/mol. The molecule has 8 heteroatoms. The number of para-hydroxylation sites is 1. The van der Waals surface area contributed by atoms with E-state index >= 15 is 0 Å². The number of hydrogen-bond donors (Lipinski definition) is 2. The highest BCUT2D eigenvalue weighted by Gasteiger charge is 2.14. The molecule has 0 aliphatic carbocycles. The number of phenols is 1. The average molecular weight is 517 g/mol. The number of carbonyl (C=O) groups excluding carboxylic acids is 1. The lowest BCUT2D eigenvalue weighted by molar-refractivity contribution is 0.0982. The summed E-state index contributed by atoms with van der Waals surface area (Å²) < 4.78 is 7.48. The molecule has 0 aliphatic heterocycles. The first-order valence-corrected chi connectivity index (χ1v) is 11.6. The number of ketones is 1. The molecule has 0 radical (unpaired) electrons. The molecule has 0 amide bonds. The van der Waals surface area contributed by atoms with Gasteiger partial charge in [0.15, 0.2) is 11.4 Å². The molecule has 5 rings (SSSR count). The summed E-state index contributed by atoms with van der Waals surface area (Å²) in [7, 11) is 0. The summed E-state index contributed by atoms with van der Waals surface area (Å²) in [5.74, 6) is 0.977. The number of halogens is 1. The highest BCUT2D eigenvalue weighted by molar-refractivity contribution is 9.10. The Bertz CT molecular complexity index is 1460. The summed E-state index contributed by atoms with van der Waals surface area (Å²) in [5, 5.41) is 18.2. The Labute approximate surface area is 204 Å². The average Bonchev–Trinajstić information content (AvgIpc) is 3.52. The van der Waals surface area contributed by atoms with Crippen LogP contribution >= 0.6 is 15.9 Å². The largest absolute Gasteiger partial charge is 0.507 e. The molecule has 34 heavy (non-hydrogen) atoms. The number of fused-ring (bicyclic) bond motifs is 1. The molecule has 0 saturated carbocycles. The van der Waals surface area contributed by atoms with Gasteiger partial charge in [0.05, 0.1) is 28.2 Å². The van der Waals surface area contributed by atoms with Gasteiger partial charge in [0.1, 0.15) is 17.8 Å². The van der Waals surface area contributed by atoms with Crippen molar-refractivity contribution in [3.8, 4) is 17.0 Å². The van der Waals surface area contributed by atoms with Crippen LogP contribution in [0.4, 0.5) is 5.82 Å². The minimum absolute atomic E-state index is 0.0670. The lowest BCUT2D eigenvalue weighted by atomic mass is 10.0. The van der Waals surface area contributed by atoms with E-state index in [0.29, 0.717) is 41.9 Å². The SMILES string of the molecule is O=C(CCc1cccc(CNc2cc(-c3ccccc3O)nc3c(Br)cnn23)c1)c1ccoc1. The number of anilines is 1. The number of nitrogens with one attached hydrogen (secondary N) is 1. The molecule has 0 aliphatic rings. The molecule has 3 heterocycles. The van der Waals surface area contributed by atoms with E-state index in [2.05, 4.69) is 37.4 Å². The van der Waals surface area contributed by atoms with E-state index < -0.39 is 0 Å². The first kappa shape index (κ1) is 21.9. The molecule has 170 valence electrons. The summed E-state index contributed by atoms with van der Waals surface area (Å²) in [6, 6.07) is 18.8. The van der Waals surface area contributed by atoms with Crippen LogP contribution in [0.25, 0.3) is 16.9 Å². The smallest absolute Gasteiger partial charge is 0.172 e. The van der Waals surface area contributed by atoms with E-state index in [-0.39, 0.29) is 11.5 Å². The van der Waals surface area contributed by atoms with Crippen molar-refractivity contribution in [2.24, 2.45) is 0 Å². The van der Waals surface area contributed by atoms with E-state index in [1.54, 1.807) is 28.9 Å². The van der Waals surface area contributed by atoms with Crippen LogP contribution in [0, 0.1) is 0 Å². The molecule has 0 bridgehead atoms. The Balaban J connectivity index is 1.35. The molecule has 0 fully saturated rings. The number of aryl methyl sites for hydroxylation is 1. The minimum atomic E-state index is 0.0670. The fraction of sp³-hybridized carbons (Fsp3) is 0.115. The zero-order chi connectivity index (χ0) is 23.5. The fourth-order valence-corrected chi connectivity index (χ4v) is 4.15. The minimum Gasteiger partial charge on any atom is -0.507 e. The predicted octanol–water partition coefficient (Wildman–Crippen LogP) is 5.89. The topological polar surface area (TPSA) is 92.7 Å². The van der Waals surface area contributed by atoms with Gasteiger partial charge in [-0.05, 0) is 51.7 Å². The lowest BCUT2D eigenvalue weighted by Gasteiger charge is -2.12. The van der Waals surface area contributed by atoms with Crippen molar-refractivity contribution in [2.45, 2.75) is 19.4 Å². The molecule has 0 unspecified atom stereocenters. The summed E-state index contributed by atoms with van der Waals surface area (Å²) in [4.78, 5) is 16.9. The Hall–Kier alpha value is -3.91. The number of phenolic OH excluding ortho intramolecular Hbond substituents is 1. The third-order valence-electron chi connectivity index (χ3n) is 5.56. The number of benzene rings is 2. The van der Waals surface area contributed by atoms with Crippen molar-refractivity contribution in [1.82, 2.24) is 14.6 Å². The fourth-order valence-electron chi connectivity index (χ4n) is 3.80. The van der Waals surface area contributed by atoms with E-state index in [4.69, 9.17) is 4.42 Å². The van der Waals surface area contributed by atoms with Crippen molar-refractivity contribution in [3.05, 3.63) is 101 Å². The normalized spacial score (nSPS) is 11.1. The second-order valence-electron chi connectivity index (χ2n) is 7.88. The zero-order valence-corrected chi connectivity index (χ0v) is 19.7. The van der Waals surface area contributed by atoms with Gasteiger partial charge in [0, 0.05) is 24.6 Å². The van der Waals surface area contributed by atoms with Crippen molar-refractivity contribution < 1.29 is 14.3 Å². The summed E-state index contributed by atoms with van der Waals surface area (Å²) in [5.41, 5.74) is 4.70. The van der Waals surface area contributed by atoms with Crippen LogP contribution in [0.15, 0.2) is 88.3 Å². The van der Waals surface area contributed by atoms with Crippen molar-refractivity contribution in [3.63, 3.8) is 0 Å². The molecule has 0 atom stereocenters. The van der Waals surface area contributed by atoms with Crippen LogP contribution in [-0.4, -0.2) is 25.5 Å². The number of Topliss-reactive ketones (excluding diaryl/α,β-unsaturated/α-hetero) is 1. The second-order valence-corrected chi connectivity index (χ2v) is 8.73. The standard InChI is InChI=1S/C26H21BrN4O3/c27-21-15-29-31-25(13-22(30-26(21)31)20-6-1-2-7-24(20)33)28-14-18-5-3-4-17(12-18)8-9-23(32)19-10-11-34-16-19/h1-7,10-13,15-16,28,33H,8-9,14H2. The second kappa shape index (κ2) is 9.52. The first-order chi connectivity index (χ1) is 16.6. The quantitative estimate of drug-likeness (QED) is 0.250. The molecule has 2 aromatic carbocycles. The van der Waals surface area contributed by atoms with E-state index in [1.165, 1.54) is 12.5 Å². The molecular formula is C26H21BrN4O3. The number of aromatic nitrogens is 3. The van der Waals surface area contributed by atoms with Crippen LogP contribution in [0.3, 0.4) is 0 Å². The van der Waals surface area contributed by atoms with Gasteiger partial charge in [-0.25, -0.2) is 4.98 Å². The third kappa shape index (κ3) is 4.58. The van der Waals surface area contributed by atoms with Gasteiger partial charge >= 0.3 is 0 Å². The van der Waals surface area contributed by atoms with Gasteiger partial charge in [-0.3, -0.25) is 4.79 Å². The van der Waals surface area contributed by atoms with Crippen LogP contribution in [-0.2, 0) is 13.0 Å². The molecule has 5 aromatic rings. The Morgan fingerprint density at radius 1 is 1.09 bits per heavy atom. The van der Waals surface area contributed by atoms with E-state index in [0.717, 1.165) is 21.4 Å². The van der Waals surface area contributed by atoms with E-state index in [9.17, 15) is 9.90 Å². The zero-order valence-electron chi connectivity index (χ0n) is 18.1. The van der Waals surface area contributed by atoms with Gasteiger partial charge in [0.25, 0.3) is 0 Å². The maximum Gasteiger partial charge on any atom is 0.172 e. The number of rotatable bonds is 8. The van der Waals surface area contributed by atoms with Crippen LogP contribution in [0.2, 0.25) is 0 Å². The third-order valence-corrected chi connectivity index (χ3v) is 6.12. The van der Waals surface area contributed by atoms with Crippen molar-refractivity contribution >= 4 is 33.2 Å². The van der Waals surface area contributed by atoms with Gasteiger partial charge in [-0.1, -0.05) is 36.4 Å². The number of aromatic hydroxyl groups is 1. The molecular weight excluding hydrogens is 496 g/mol. The highest BCUT2D eigenvalue weighted by atomic mass is 79.9. The summed E-state index contributed by atoms with van der Waals surface area (Å²) in [6.07, 6.45) is 5.76. The van der Waals surface area contributed by atoms with Gasteiger partial charge in [0.2, 0.25) is 0 Å². The van der Waals surface area contributed by atoms with Crippen molar-refractivity contribution in [1.29, 1.82) is 0 Å². The van der Waals surface area contributed by atoms with Gasteiger partial charge < -0.3 is 14.8 Å². The summed E-state index contributed by atoms with van der Waals surface area (Å²) in [6.45, 7) is 0.556. The molecule has 3 aromatic heterocycles. The molecule has 0 spiro atoms. The highest BCUT2D eigenvalue weighted by Crippen LogP contribution is 2.31. The first-order valence-electron chi connectivity index (χ1n) is 10.8. The summed E-state index contributed by atoms with van der Waals surface area (Å²) >= 11 is 3.51. The molecule has 7 nitrogen and oxygen atoms in total. The lowest BCUT2D eigenvalue weighted by Crippen LogP contribution is -2.07. The van der Waals surface area contributed by atoms with Crippen molar-refractivity contribution in [2.75, 3.05) is 5.32 Å². The Morgan fingerprint density at radius 3 is 2.76 bits per heavy atom. The van der Waals surface area contributed by atoms with Gasteiger partial charge in [-0.2, -0.15) is 9.61 Å². The maximum atomic E-state index is 12.3. The van der Waals surface area contributed by atoms with Crippen LogP contribution in [0.5, 0.6) is 5.75 Å². The Morgan fingerprint density at radius 2 is 1.94 bits per heavy atom. The van der Waals surface area contributed by atoms with Gasteiger partial charge in [-0.15, -0.1) is 0 Å². The predicted molar refractivity (Wildman–Crippen MR) is 133 cm³/mol. The number of hydrogen-bond acceptors (Lipinski definition) is 6.